The summed E-state index contributed by atoms with van der Waals surface area (Å²) in [6.45, 7) is -0.620. The van der Waals surface area contributed by atoms with Crippen molar-refractivity contribution in [1.82, 2.24) is 5.32 Å². The molecule has 22 heavy (non-hydrogen) atoms. The maximum Gasteiger partial charge on any atom is 0.322 e. The first-order valence-corrected chi connectivity index (χ1v) is 6.87. The predicted octanol–water partition coefficient (Wildman–Crippen LogP) is 1.99. The van der Waals surface area contributed by atoms with Crippen LogP contribution in [0, 0.1) is 0 Å². The molecule has 0 spiro atoms. The van der Waals surface area contributed by atoms with Crippen LogP contribution >= 0.6 is 0 Å². The van der Waals surface area contributed by atoms with Gasteiger partial charge < -0.3 is 15.2 Å². The number of hydrogen-bond donors (Lipinski definition) is 2. The second kappa shape index (κ2) is 7.95. The molecule has 5 heteroatoms. The summed E-state index contributed by atoms with van der Waals surface area (Å²) in [7, 11) is 0. The maximum absolute atomic E-state index is 11.6. The van der Waals surface area contributed by atoms with Crippen molar-refractivity contribution in [2.75, 3.05) is 13.2 Å². The van der Waals surface area contributed by atoms with E-state index in [4.69, 9.17) is 9.84 Å². The van der Waals surface area contributed by atoms with Gasteiger partial charge in [-0.1, -0.05) is 60.7 Å². The molecule has 0 fully saturated rings. The number of hydrogen-bond acceptors (Lipinski definition) is 3. The predicted molar refractivity (Wildman–Crippen MR) is 81.3 cm³/mol. The summed E-state index contributed by atoms with van der Waals surface area (Å²) in [6, 6.07) is 19.1. The number of amides is 1. The van der Waals surface area contributed by atoms with Crippen molar-refractivity contribution in [3.63, 3.8) is 0 Å². The average Bonchev–Trinajstić information content (AvgIpc) is 2.55. The van der Waals surface area contributed by atoms with Gasteiger partial charge in [-0.25, -0.2) is 0 Å². The first-order valence-electron chi connectivity index (χ1n) is 6.87. The van der Waals surface area contributed by atoms with Gasteiger partial charge in [0.05, 0.1) is 0 Å². The Morgan fingerprint density at radius 1 is 0.955 bits per heavy atom. The molecule has 0 radical (unpaired) electrons. The number of benzene rings is 2. The molecule has 0 bridgehead atoms. The largest absolute Gasteiger partial charge is 0.480 e. The number of rotatable bonds is 7. The molecule has 2 N–H and O–H groups in total. The van der Waals surface area contributed by atoms with Gasteiger partial charge in [0.2, 0.25) is 5.91 Å². The average molecular weight is 299 g/mol. The number of carboxylic acid groups (broad SMARTS) is 1. The normalized spacial score (nSPS) is 10.4. The van der Waals surface area contributed by atoms with Crippen LogP contribution in [-0.2, 0) is 14.3 Å². The lowest BCUT2D eigenvalue weighted by atomic mass is 10.0. The number of carbonyl (C=O) groups is 2. The Labute approximate surface area is 128 Å². The highest BCUT2D eigenvalue weighted by Gasteiger charge is 2.16. The zero-order valence-corrected chi connectivity index (χ0v) is 11.9. The molecule has 2 aromatic rings. The molecule has 0 saturated heterocycles. The molecular formula is C17H17NO4. The molecule has 0 saturated carbocycles. The molecular weight excluding hydrogens is 282 g/mol. The van der Waals surface area contributed by atoms with Gasteiger partial charge in [-0.2, -0.15) is 0 Å². The minimum atomic E-state index is -1.09. The third-order valence-electron chi connectivity index (χ3n) is 3.02. The van der Waals surface area contributed by atoms with Crippen LogP contribution in [0.5, 0.6) is 0 Å². The summed E-state index contributed by atoms with van der Waals surface area (Å²) in [5, 5.41) is 10.8. The van der Waals surface area contributed by atoms with Crippen molar-refractivity contribution in [1.29, 1.82) is 0 Å². The number of ether oxygens (including phenoxy) is 1. The van der Waals surface area contributed by atoms with Crippen LogP contribution in [0.1, 0.15) is 17.2 Å². The van der Waals surface area contributed by atoms with Crippen LogP contribution in [0.3, 0.4) is 0 Å². The van der Waals surface area contributed by atoms with E-state index in [1.54, 1.807) is 0 Å². The number of aliphatic carboxylic acids is 1. The molecule has 5 nitrogen and oxygen atoms in total. The Bertz CT molecular complexity index is 574. The summed E-state index contributed by atoms with van der Waals surface area (Å²) in [5.74, 6) is -1.55. The molecule has 0 aliphatic heterocycles. The Kier molecular flexibility index (Phi) is 5.68. The van der Waals surface area contributed by atoms with E-state index >= 15 is 0 Å². The Hall–Kier alpha value is -2.66. The standard InChI is InChI=1S/C17H17NO4/c19-15(18-11-16(20)21)12-22-17(13-7-3-1-4-8-13)14-9-5-2-6-10-14/h1-10,17H,11-12H2,(H,18,19)(H,20,21). The second-order valence-corrected chi connectivity index (χ2v) is 4.68. The van der Waals surface area contributed by atoms with E-state index in [9.17, 15) is 9.59 Å². The Morgan fingerprint density at radius 3 is 1.91 bits per heavy atom. The Balaban J connectivity index is 2.06. The summed E-state index contributed by atoms with van der Waals surface area (Å²) in [6.07, 6.45) is -0.377. The number of carboxylic acids is 1. The van der Waals surface area contributed by atoms with Crippen molar-refractivity contribution < 1.29 is 19.4 Å². The van der Waals surface area contributed by atoms with Crippen molar-refractivity contribution >= 4 is 11.9 Å². The van der Waals surface area contributed by atoms with Crippen LogP contribution in [-0.4, -0.2) is 30.1 Å². The molecule has 0 aromatic heterocycles. The molecule has 0 aliphatic rings. The quantitative estimate of drug-likeness (QED) is 0.820. The van der Waals surface area contributed by atoms with Crippen LogP contribution in [0.4, 0.5) is 0 Å². The first kappa shape index (κ1) is 15.7. The highest BCUT2D eigenvalue weighted by atomic mass is 16.5. The summed E-state index contributed by atoms with van der Waals surface area (Å²) in [5.41, 5.74) is 1.86. The topological polar surface area (TPSA) is 75.6 Å². The van der Waals surface area contributed by atoms with Crippen LogP contribution in [0.15, 0.2) is 60.7 Å². The molecule has 0 unspecified atom stereocenters. The third kappa shape index (κ3) is 4.71. The highest BCUT2D eigenvalue weighted by Crippen LogP contribution is 2.25. The van der Waals surface area contributed by atoms with E-state index in [-0.39, 0.29) is 12.7 Å². The molecule has 0 atom stereocenters. The fourth-order valence-corrected chi connectivity index (χ4v) is 2.02. The van der Waals surface area contributed by atoms with E-state index in [1.165, 1.54) is 0 Å². The van der Waals surface area contributed by atoms with Crippen LogP contribution < -0.4 is 5.32 Å². The van der Waals surface area contributed by atoms with E-state index < -0.39 is 18.4 Å². The SMILES string of the molecule is O=C(O)CNC(=O)COC(c1ccccc1)c1ccccc1. The molecule has 1 amide bonds. The van der Waals surface area contributed by atoms with Gasteiger partial charge in [-0.3, -0.25) is 9.59 Å². The highest BCUT2D eigenvalue weighted by molar-refractivity contribution is 5.81. The summed E-state index contributed by atoms with van der Waals surface area (Å²) < 4.78 is 5.70. The van der Waals surface area contributed by atoms with E-state index in [0.717, 1.165) is 11.1 Å². The molecule has 0 heterocycles. The molecule has 2 rings (SSSR count). The van der Waals surface area contributed by atoms with Gasteiger partial charge >= 0.3 is 5.97 Å². The zero-order chi connectivity index (χ0) is 15.8. The van der Waals surface area contributed by atoms with E-state index in [2.05, 4.69) is 5.32 Å². The van der Waals surface area contributed by atoms with Gasteiger partial charge in [0.25, 0.3) is 0 Å². The lowest BCUT2D eigenvalue weighted by Gasteiger charge is -2.18. The van der Waals surface area contributed by atoms with Crippen molar-refractivity contribution in [2.24, 2.45) is 0 Å². The summed E-state index contributed by atoms with van der Waals surface area (Å²) in [4.78, 5) is 22.0. The van der Waals surface area contributed by atoms with Gasteiger partial charge in [0, 0.05) is 0 Å². The monoisotopic (exact) mass is 299 g/mol. The maximum atomic E-state index is 11.6. The number of nitrogens with one attached hydrogen (secondary N) is 1. The smallest absolute Gasteiger partial charge is 0.322 e. The van der Waals surface area contributed by atoms with Crippen molar-refractivity contribution in [2.45, 2.75) is 6.10 Å². The zero-order valence-electron chi connectivity index (χ0n) is 11.9. The van der Waals surface area contributed by atoms with Crippen molar-refractivity contribution in [3.8, 4) is 0 Å². The van der Waals surface area contributed by atoms with Crippen LogP contribution in [0.25, 0.3) is 0 Å². The van der Waals surface area contributed by atoms with Gasteiger partial charge in [-0.15, -0.1) is 0 Å². The van der Waals surface area contributed by atoms with Gasteiger partial charge in [0.1, 0.15) is 19.3 Å². The lowest BCUT2D eigenvalue weighted by Crippen LogP contribution is -2.32. The van der Waals surface area contributed by atoms with E-state index in [0.29, 0.717) is 0 Å². The molecule has 2 aromatic carbocycles. The van der Waals surface area contributed by atoms with Crippen molar-refractivity contribution in [3.05, 3.63) is 71.8 Å². The fraction of sp³-hybridized carbons (Fsp3) is 0.176. The fourth-order valence-electron chi connectivity index (χ4n) is 2.02. The van der Waals surface area contributed by atoms with Gasteiger partial charge in [0.15, 0.2) is 0 Å². The third-order valence-corrected chi connectivity index (χ3v) is 3.02. The minimum absolute atomic E-state index is 0.207. The lowest BCUT2D eigenvalue weighted by molar-refractivity contribution is -0.138. The van der Waals surface area contributed by atoms with E-state index in [1.807, 2.05) is 60.7 Å². The Morgan fingerprint density at radius 2 is 1.45 bits per heavy atom. The number of carbonyl (C=O) groups excluding carboxylic acids is 1. The second-order valence-electron chi connectivity index (χ2n) is 4.68. The first-order chi connectivity index (χ1) is 10.7. The molecule has 114 valence electrons. The minimum Gasteiger partial charge on any atom is -0.480 e. The van der Waals surface area contributed by atoms with Gasteiger partial charge in [-0.05, 0) is 11.1 Å². The van der Waals surface area contributed by atoms with Crippen LogP contribution in [0.2, 0.25) is 0 Å². The molecule has 0 aliphatic carbocycles. The summed E-state index contributed by atoms with van der Waals surface area (Å²) >= 11 is 0.